The average molecular weight is 384 g/mol. The molecule has 0 saturated carbocycles. The number of rotatable bonds is 4. The number of esters is 1. The van der Waals surface area contributed by atoms with Crippen molar-refractivity contribution in [3.05, 3.63) is 57.3 Å². The van der Waals surface area contributed by atoms with Crippen LogP contribution in [0.25, 0.3) is 0 Å². The van der Waals surface area contributed by atoms with Gasteiger partial charge in [-0.1, -0.05) is 37.3 Å². The number of carbonyl (C=O) groups excluding carboxylic acids is 2. The molecule has 142 valence electrons. The number of carbonyl (C=O) groups is 2. The number of fused-ring (bicyclic) bond motifs is 1. The Balaban J connectivity index is 1.56. The van der Waals surface area contributed by atoms with Crippen LogP contribution in [0.1, 0.15) is 58.0 Å². The molecule has 4 rings (SSSR count). The minimum absolute atomic E-state index is 0.109. The normalized spacial score (nSPS) is 20.2. The molecule has 0 spiro atoms. The maximum absolute atomic E-state index is 13.0. The minimum Gasteiger partial charge on any atom is -0.443 e. The van der Waals surface area contributed by atoms with Crippen LogP contribution in [0.5, 0.6) is 0 Å². The molecule has 1 aromatic carbocycles. The maximum atomic E-state index is 13.0. The largest absolute Gasteiger partial charge is 0.443 e. The lowest BCUT2D eigenvalue weighted by molar-refractivity contribution is -0.140. The van der Waals surface area contributed by atoms with E-state index >= 15 is 0 Å². The molecule has 2 atom stereocenters. The SMILES string of the molecule is C[C@@H]1CCc2sc(C(=O)O[C@@H](C(=O)N3CCCC3)c3ccccc3)cc2C1. The Morgan fingerprint density at radius 3 is 2.67 bits per heavy atom. The standard InChI is InChI=1S/C22H25NO3S/c1-15-9-10-18-17(13-15)14-19(27-18)22(25)26-20(16-7-3-2-4-8-16)21(24)23-11-5-6-12-23/h2-4,7-8,14-15,20H,5-6,9-13H2,1H3/t15-,20-/m1/s1. The molecule has 1 amide bonds. The summed E-state index contributed by atoms with van der Waals surface area (Å²) in [6, 6.07) is 11.3. The van der Waals surface area contributed by atoms with Gasteiger partial charge in [0.25, 0.3) is 5.91 Å². The molecule has 27 heavy (non-hydrogen) atoms. The van der Waals surface area contributed by atoms with Gasteiger partial charge < -0.3 is 9.64 Å². The van der Waals surface area contributed by atoms with E-state index in [1.54, 1.807) is 0 Å². The van der Waals surface area contributed by atoms with Gasteiger partial charge in [0.2, 0.25) is 6.10 Å². The number of hydrogen-bond donors (Lipinski definition) is 0. The van der Waals surface area contributed by atoms with Gasteiger partial charge in [-0.3, -0.25) is 4.79 Å². The van der Waals surface area contributed by atoms with Crippen LogP contribution in [-0.2, 0) is 22.4 Å². The van der Waals surface area contributed by atoms with Crippen LogP contribution < -0.4 is 0 Å². The summed E-state index contributed by atoms with van der Waals surface area (Å²) in [5.41, 5.74) is 2.01. The number of aryl methyl sites for hydroxylation is 1. The molecule has 1 aliphatic carbocycles. The molecule has 0 radical (unpaired) electrons. The molecule has 2 aliphatic rings. The van der Waals surface area contributed by atoms with Gasteiger partial charge in [0.15, 0.2) is 0 Å². The Kier molecular flexibility index (Phi) is 5.30. The van der Waals surface area contributed by atoms with Crippen LogP contribution in [0.3, 0.4) is 0 Å². The highest BCUT2D eigenvalue weighted by atomic mass is 32.1. The quantitative estimate of drug-likeness (QED) is 0.736. The molecule has 2 heterocycles. The molecule has 1 aromatic heterocycles. The Labute approximate surface area is 164 Å². The van der Waals surface area contributed by atoms with Crippen molar-refractivity contribution < 1.29 is 14.3 Å². The van der Waals surface area contributed by atoms with E-state index in [1.807, 2.05) is 41.3 Å². The van der Waals surface area contributed by atoms with Crippen LogP contribution in [0, 0.1) is 5.92 Å². The maximum Gasteiger partial charge on any atom is 0.349 e. The number of benzene rings is 1. The van der Waals surface area contributed by atoms with E-state index in [2.05, 4.69) is 6.92 Å². The van der Waals surface area contributed by atoms with E-state index in [9.17, 15) is 9.59 Å². The lowest BCUT2D eigenvalue weighted by Gasteiger charge is -2.23. The van der Waals surface area contributed by atoms with Gasteiger partial charge in [0.1, 0.15) is 4.88 Å². The molecular weight excluding hydrogens is 358 g/mol. The number of hydrogen-bond acceptors (Lipinski definition) is 4. The Bertz CT molecular complexity index is 823. The predicted molar refractivity (Wildman–Crippen MR) is 106 cm³/mol. The van der Waals surface area contributed by atoms with E-state index in [1.165, 1.54) is 28.2 Å². The summed E-state index contributed by atoms with van der Waals surface area (Å²) in [4.78, 5) is 29.6. The Hall–Kier alpha value is -2.14. The first kappa shape index (κ1) is 18.2. The fourth-order valence-corrected chi connectivity index (χ4v) is 5.06. The van der Waals surface area contributed by atoms with Gasteiger partial charge >= 0.3 is 5.97 Å². The number of thiophene rings is 1. The van der Waals surface area contributed by atoms with Crippen molar-refractivity contribution in [3.8, 4) is 0 Å². The van der Waals surface area contributed by atoms with E-state index in [0.29, 0.717) is 10.8 Å². The summed E-state index contributed by atoms with van der Waals surface area (Å²) in [7, 11) is 0. The van der Waals surface area contributed by atoms with Gasteiger partial charge in [-0.05, 0) is 49.7 Å². The van der Waals surface area contributed by atoms with Crippen LogP contribution in [0.2, 0.25) is 0 Å². The average Bonchev–Trinajstić information content (AvgIpc) is 3.35. The Morgan fingerprint density at radius 2 is 1.93 bits per heavy atom. The lowest BCUT2D eigenvalue weighted by Crippen LogP contribution is -2.34. The summed E-state index contributed by atoms with van der Waals surface area (Å²) >= 11 is 1.53. The monoisotopic (exact) mass is 383 g/mol. The summed E-state index contributed by atoms with van der Waals surface area (Å²) in [6.45, 7) is 3.73. The summed E-state index contributed by atoms with van der Waals surface area (Å²) in [6.07, 6.45) is 4.38. The molecule has 5 heteroatoms. The third-order valence-corrected chi connectivity index (χ3v) is 6.72. The van der Waals surface area contributed by atoms with Crippen LogP contribution >= 0.6 is 11.3 Å². The van der Waals surface area contributed by atoms with E-state index in [4.69, 9.17) is 4.74 Å². The topological polar surface area (TPSA) is 46.6 Å². The summed E-state index contributed by atoms with van der Waals surface area (Å²) in [5, 5.41) is 0. The molecule has 0 bridgehead atoms. The van der Waals surface area contributed by atoms with Crippen LogP contribution in [0.15, 0.2) is 36.4 Å². The van der Waals surface area contributed by atoms with Gasteiger partial charge in [-0.25, -0.2) is 4.79 Å². The second-order valence-corrected chi connectivity index (χ2v) is 8.77. The number of amides is 1. The second kappa shape index (κ2) is 7.85. The first-order valence-corrected chi connectivity index (χ1v) is 10.6. The van der Waals surface area contributed by atoms with Crippen molar-refractivity contribution in [1.29, 1.82) is 0 Å². The molecule has 1 aliphatic heterocycles. The zero-order valence-electron chi connectivity index (χ0n) is 15.6. The van der Waals surface area contributed by atoms with Crippen LogP contribution in [0.4, 0.5) is 0 Å². The second-order valence-electron chi connectivity index (χ2n) is 7.64. The van der Waals surface area contributed by atoms with Gasteiger partial charge in [-0.2, -0.15) is 0 Å². The zero-order valence-corrected chi connectivity index (χ0v) is 16.5. The predicted octanol–water partition coefficient (Wildman–Crippen LogP) is 4.39. The first-order valence-electron chi connectivity index (χ1n) is 9.78. The van der Waals surface area contributed by atoms with Crippen molar-refractivity contribution in [2.24, 2.45) is 5.92 Å². The summed E-state index contributed by atoms with van der Waals surface area (Å²) < 4.78 is 5.78. The third-order valence-electron chi connectivity index (χ3n) is 5.50. The van der Waals surface area contributed by atoms with Gasteiger partial charge in [0.05, 0.1) is 0 Å². The molecule has 1 saturated heterocycles. The van der Waals surface area contributed by atoms with E-state index in [-0.39, 0.29) is 11.9 Å². The van der Waals surface area contributed by atoms with Gasteiger partial charge in [-0.15, -0.1) is 11.3 Å². The molecular formula is C22H25NO3S. The zero-order chi connectivity index (χ0) is 18.8. The van der Waals surface area contributed by atoms with Crippen LogP contribution in [-0.4, -0.2) is 29.9 Å². The number of ether oxygens (including phenoxy) is 1. The van der Waals surface area contributed by atoms with E-state index in [0.717, 1.165) is 44.3 Å². The van der Waals surface area contributed by atoms with Gasteiger partial charge in [0, 0.05) is 23.5 Å². The third kappa shape index (κ3) is 3.93. The fraction of sp³-hybridized carbons (Fsp3) is 0.455. The Morgan fingerprint density at radius 1 is 1.19 bits per heavy atom. The van der Waals surface area contributed by atoms with Crippen molar-refractivity contribution in [2.45, 2.75) is 45.1 Å². The molecule has 2 aromatic rings. The summed E-state index contributed by atoms with van der Waals surface area (Å²) in [5.74, 6) is 0.162. The lowest BCUT2D eigenvalue weighted by atomic mass is 9.90. The van der Waals surface area contributed by atoms with Crippen molar-refractivity contribution >= 4 is 23.2 Å². The molecule has 4 nitrogen and oxygen atoms in total. The minimum atomic E-state index is -0.866. The van der Waals surface area contributed by atoms with Crippen molar-refractivity contribution in [2.75, 3.05) is 13.1 Å². The number of likely N-dealkylation sites (tertiary alicyclic amines) is 1. The van der Waals surface area contributed by atoms with E-state index < -0.39 is 6.10 Å². The van der Waals surface area contributed by atoms with Crippen molar-refractivity contribution in [3.63, 3.8) is 0 Å². The van der Waals surface area contributed by atoms with Crippen molar-refractivity contribution in [1.82, 2.24) is 4.90 Å². The number of nitrogens with zero attached hydrogens (tertiary/aromatic N) is 1. The molecule has 0 N–H and O–H groups in total. The highest BCUT2D eigenvalue weighted by Gasteiger charge is 2.32. The smallest absolute Gasteiger partial charge is 0.349 e. The fourth-order valence-electron chi connectivity index (χ4n) is 3.96. The highest BCUT2D eigenvalue weighted by Crippen LogP contribution is 2.33. The molecule has 0 unspecified atom stereocenters. The highest BCUT2D eigenvalue weighted by molar-refractivity contribution is 7.14. The molecule has 1 fully saturated rings. The first-order chi connectivity index (χ1) is 13.1.